The number of halogens is 2. The van der Waals surface area contributed by atoms with Crippen LogP contribution < -0.4 is 9.16 Å². The highest BCUT2D eigenvalue weighted by atomic mass is 35.5. The van der Waals surface area contributed by atoms with Gasteiger partial charge in [-0.15, -0.1) is 11.6 Å². The van der Waals surface area contributed by atoms with Crippen LogP contribution in [0.5, 0.6) is 5.75 Å². The van der Waals surface area contributed by atoms with Crippen LogP contribution in [0.1, 0.15) is 6.92 Å². The third kappa shape index (κ3) is 3.28. The van der Waals surface area contributed by atoms with Gasteiger partial charge < -0.3 is 4.74 Å². The van der Waals surface area contributed by atoms with E-state index in [1.807, 2.05) is 31.2 Å². The fourth-order valence-electron chi connectivity index (χ4n) is 1.07. The largest absolute Gasteiger partial charge is 0.494 e. The molecule has 0 atom stereocenters. The Labute approximate surface area is 94.5 Å². The standard InChI is InChI=1S/C10H13Cl2NO/c1-2-14-10-5-3-9(4-6-10)13(12)8-7-11/h3-6H,2,7-8H2,1H3. The first-order valence-corrected chi connectivity index (χ1v) is 5.37. The van der Waals surface area contributed by atoms with Crippen molar-refractivity contribution in [1.29, 1.82) is 0 Å². The first-order chi connectivity index (χ1) is 6.77. The number of anilines is 1. The molecule has 0 saturated carbocycles. The molecule has 0 heterocycles. The lowest BCUT2D eigenvalue weighted by Gasteiger charge is -2.14. The van der Waals surface area contributed by atoms with Crippen molar-refractivity contribution in [3.63, 3.8) is 0 Å². The van der Waals surface area contributed by atoms with Crippen LogP contribution in [0.3, 0.4) is 0 Å². The van der Waals surface area contributed by atoms with E-state index in [-0.39, 0.29) is 0 Å². The molecule has 0 saturated heterocycles. The average molecular weight is 234 g/mol. The highest BCUT2D eigenvalue weighted by molar-refractivity contribution is 6.26. The van der Waals surface area contributed by atoms with E-state index in [1.165, 1.54) is 0 Å². The minimum absolute atomic E-state index is 0.511. The van der Waals surface area contributed by atoms with E-state index in [0.717, 1.165) is 11.4 Å². The molecule has 0 amide bonds. The van der Waals surface area contributed by atoms with Gasteiger partial charge in [-0.25, -0.2) is 0 Å². The van der Waals surface area contributed by atoms with Gasteiger partial charge in [0.2, 0.25) is 0 Å². The number of hydrogen-bond donors (Lipinski definition) is 0. The molecule has 2 nitrogen and oxygen atoms in total. The molecule has 78 valence electrons. The summed E-state index contributed by atoms with van der Waals surface area (Å²) in [5, 5.41) is 0. The van der Waals surface area contributed by atoms with Crippen LogP contribution in [-0.2, 0) is 0 Å². The maximum Gasteiger partial charge on any atom is 0.119 e. The summed E-state index contributed by atoms with van der Waals surface area (Å²) in [7, 11) is 0. The summed E-state index contributed by atoms with van der Waals surface area (Å²) < 4.78 is 6.90. The Bertz CT molecular complexity index is 263. The maximum absolute atomic E-state index is 5.94. The fraction of sp³-hybridized carbons (Fsp3) is 0.400. The molecule has 14 heavy (non-hydrogen) atoms. The summed E-state index contributed by atoms with van der Waals surface area (Å²) in [6.45, 7) is 3.25. The monoisotopic (exact) mass is 233 g/mol. The second kappa shape index (κ2) is 5.99. The highest BCUT2D eigenvalue weighted by Gasteiger charge is 2.01. The average Bonchev–Trinajstić information content (AvgIpc) is 2.20. The number of hydrogen-bond acceptors (Lipinski definition) is 2. The van der Waals surface area contributed by atoms with Crippen LogP contribution in [0.4, 0.5) is 5.69 Å². The van der Waals surface area contributed by atoms with Crippen LogP contribution in [0.25, 0.3) is 0 Å². The maximum atomic E-state index is 5.94. The van der Waals surface area contributed by atoms with E-state index in [2.05, 4.69) is 0 Å². The van der Waals surface area contributed by atoms with Crippen molar-refractivity contribution in [1.82, 2.24) is 0 Å². The summed E-state index contributed by atoms with van der Waals surface area (Å²) in [6, 6.07) is 7.60. The predicted molar refractivity (Wildman–Crippen MR) is 61.5 cm³/mol. The first kappa shape index (κ1) is 11.5. The van der Waals surface area contributed by atoms with E-state index >= 15 is 0 Å². The van der Waals surface area contributed by atoms with Gasteiger partial charge in [0.15, 0.2) is 0 Å². The molecule has 0 spiro atoms. The minimum Gasteiger partial charge on any atom is -0.494 e. The van der Waals surface area contributed by atoms with Crippen LogP contribution in [0.15, 0.2) is 24.3 Å². The van der Waals surface area contributed by atoms with E-state index < -0.39 is 0 Å². The molecule has 1 aromatic rings. The number of rotatable bonds is 5. The summed E-state index contributed by atoms with van der Waals surface area (Å²) in [6.07, 6.45) is 0. The van der Waals surface area contributed by atoms with E-state index in [4.69, 9.17) is 28.1 Å². The second-order valence-corrected chi connectivity index (χ2v) is 3.49. The second-order valence-electron chi connectivity index (χ2n) is 2.70. The van der Waals surface area contributed by atoms with Crippen molar-refractivity contribution in [2.24, 2.45) is 0 Å². The molecule has 1 aromatic carbocycles. The smallest absolute Gasteiger partial charge is 0.119 e. The lowest BCUT2D eigenvalue weighted by molar-refractivity contribution is 0.340. The molecule has 0 bridgehead atoms. The van der Waals surface area contributed by atoms with Gasteiger partial charge in [-0.3, -0.25) is 4.42 Å². The minimum atomic E-state index is 0.511. The third-order valence-electron chi connectivity index (χ3n) is 1.71. The van der Waals surface area contributed by atoms with Crippen molar-refractivity contribution in [2.75, 3.05) is 23.5 Å². The summed E-state index contributed by atoms with van der Waals surface area (Å²) >= 11 is 11.5. The van der Waals surface area contributed by atoms with Crippen molar-refractivity contribution in [3.8, 4) is 5.75 Å². The Morgan fingerprint density at radius 1 is 1.29 bits per heavy atom. The zero-order valence-electron chi connectivity index (χ0n) is 8.04. The van der Waals surface area contributed by atoms with Crippen molar-refractivity contribution in [3.05, 3.63) is 24.3 Å². The number of benzene rings is 1. The third-order valence-corrected chi connectivity index (χ3v) is 2.24. The Balaban J connectivity index is 2.62. The number of alkyl halides is 1. The fourth-order valence-corrected chi connectivity index (χ4v) is 1.53. The summed E-state index contributed by atoms with van der Waals surface area (Å²) in [5.74, 6) is 1.36. The molecular formula is C10H13Cl2NO. The van der Waals surface area contributed by atoms with E-state index in [0.29, 0.717) is 19.0 Å². The Hall–Kier alpha value is -0.600. The molecule has 1 rings (SSSR count). The molecule has 0 aromatic heterocycles. The van der Waals surface area contributed by atoms with Gasteiger partial charge in [0, 0.05) is 24.2 Å². The summed E-state index contributed by atoms with van der Waals surface area (Å²) in [4.78, 5) is 0. The molecule has 4 heteroatoms. The van der Waals surface area contributed by atoms with Gasteiger partial charge in [-0.1, -0.05) is 0 Å². The quantitative estimate of drug-likeness (QED) is 0.572. The molecule has 0 unspecified atom stereocenters. The van der Waals surface area contributed by atoms with Crippen molar-refractivity contribution in [2.45, 2.75) is 6.92 Å². The van der Waals surface area contributed by atoms with Crippen LogP contribution in [0, 0.1) is 0 Å². The first-order valence-electron chi connectivity index (χ1n) is 4.50. The van der Waals surface area contributed by atoms with Crippen molar-refractivity contribution < 1.29 is 4.74 Å². The summed E-state index contributed by atoms with van der Waals surface area (Å²) in [5.41, 5.74) is 0.927. The molecular weight excluding hydrogens is 221 g/mol. The van der Waals surface area contributed by atoms with E-state index in [9.17, 15) is 0 Å². The molecule has 0 radical (unpaired) electrons. The lowest BCUT2D eigenvalue weighted by atomic mass is 10.3. The zero-order chi connectivity index (χ0) is 10.4. The topological polar surface area (TPSA) is 12.5 Å². The van der Waals surface area contributed by atoms with Crippen LogP contribution in [-0.4, -0.2) is 19.0 Å². The van der Waals surface area contributed by atoms with Gasteiger partial charge in [0.05, 0.1) is 12.3 Å². The number of ether oxygens (including phenoxy) is 1. The number of nitrogens with zero attached hydrogens (tertiary/aromatic N) is 1. The van der Waals surface area contributed by atoms with Gasteiger partial charge in [0.1, 0.15) is 5.75 Å². The van der Waals surface area contributed by atoms with Crippen molar-refractivity contribution >= 4 is 29.1 Å². The highest BCUT2D eigenvalue weighted by Crippen LogP contribution is 2.20. The van der Waals surface area contributed by atoms with Gasteiger partial charge in [0.25, 0.3) is 0 Å². The van der Waals surface area contributed by atoms with E-state index in [1.54, 1.807) is 4.42 Å². The molecule has 0 N–H and O–H groups in total. The normalized spacial score (nSPS) is 9.93. The molecule has 0 aliphatic heterocycles. The van der Waals surface area contributed by atoms with Gasteiger partial charge in [-0.05, 0) is 31.2 Å². The molecule has 0 aliphatic rings. The molecule has 0 fully saturated rings. The van der Waals surface area contributed by atoms with Crippen LogP contribution in [0.2, 0.25) is 0 Å². The van der Waals surface area contributed by atoms with Gasteiger partial charge in [-0.2, -0.15) is 0 Å². The van der Waals surface area contributed by atoms with Crippen LogP contribution >= 0.6 is 23.4 Å². The molecule has 0 aliphatic carbocycles. The SMILES string of the molecule is CCOc1ccc(N(Cl)CCCl)cc1. The van der Waals surface area contributed by atoms with Gasteiger partial charge >= 0.3 is 0 Å². The Morgan fingerprint density at radius 2 is 1.93 bits per heavy atom. The Morgan fingerprint density at radius 3 is 2.43 bits per heavy atom. The predicted octanol–water partition coefficient (Wildman–Crippen LogP) is 3.28. The Kier molecular flexibility index (Phi) is 4.91. The zero-order valence-corrected chi connectivity index (χ0v) is 9.55. The lowest BCUT2D eigenvalue weighted by Crippen LogP contribution is -2.12.